The van der Waals surface area contributed by atoms with Crippen molar-refractivity contribution in [3.8, 4) is 11.5 Å². The van der Waals surface area contributed by atoms with E-state index < -0.39 is 0 Å². The minimum atomic E-state index is -0.101. The molecule has 37 heavy (non-hydrogen) atoms. The van der Waals surface area contributed by atoms with E-state index in [9.17, 15) is 4.79 Å². The van der Waals surface area contributed by atoms with Crippen LogP contribution in [0.4, 0.5) is 0 Å². The molecule has 1 aliphatic rings. The summed E-state index contributed by atoms with van der Waals surface area (Å²) in [5.74, 6) is 2.13. The first-order chi connectivity index (χ1) is 17.9. The van der Waals surface area contributed by atoms with E-state index in [2.05, 4.69) is 16.8 Å². The standard InChI is InChI=1S/C29H34Cl2N3O3/c1-19(16-20-13-14-25(36-2)29(37-3)28(20)31)12-15-27(35)32-17-26-33-23-10-6-7-11-24(23)34(26)18-21-8-4-5-9-22(21)30/h4-5,8-9,13-14,19H,6-7,10-12,15-18H2,1-3H3. The number of ether oxygens (including phenoxy) is 2. The van der Waals surface area contributed by atoms with Gasteiger partial charge >= 0.3 is 0 Å². The summed E-state index contributed by atoms with van der Waals surface area (Å²) >= 11 is 13.0. The number of rotatable bonds is 11. The fourth-order valence-electron chi connectivity index (χ4n) is 4.93. The molecule has 0 saturated carbocycles. The van der Waals surface area contributed by atoms with Crippen LogP contribution in [0.5, 0.6) is 11.5 Å². The molecule has 4 rings (SSSR count). The van der Waals surface area contributed by atoms with E-state index in [0.29, 0.717) is 29.5 Å². The summed E-state index contributed by atoms with van der Waals surface area (Å²) in [5, 5.41) is 5.69. The number of aryl methyl sites for hydroxylation is 1. The van der Waals surface area contributed by atoms with Gasteiger partial charge in [-0.1, -0.05) is 54.4 Å². The number of halogens is 2. The van der Waals surface area contributed by atoms with Gasteiger partial charge in [-0.3, -0.25) is 4.79 Å². The number of amides is 1. The summed E-state index contributed by atoms with van der Waals surface area (Å²) in [6, 6.07) is 11.7. The minimum Gasteiger partial charge on any atom is -0.493 e. The molecule has 0 N–H and O–H groups in total. The maximum absolute atomic E-state index is 12.7. The summed E-state index contributed by atoms with van der Waals surface area (Å²) in [6.07, 6.45) is 6.11. The van der Waals surface area contributed by atoms with E-state index in [1.54, 1.807) is 14.2 Å². The molecule has 0 fully saturated rings. The van der Waals surface area contributed by atoms with Gasteiger partial charge in [-0.2, -0.15) is 0 Å². The zero-order valence-electron chi connectivity index (χ0n) is 21.7. The molecule has 1 amide bonds. The molecule has 197 valence electrons. The van der Waals surface area contributed by atoms with Crippen LogP contribution in [0.15, 0.2) is 36.4 Å². The van der Waals surface area contributed by atoms with E-state index in [-0.39, 0.29) is 18.4 Å². The van der Waals surface area contributed by atoms with Crippen molar-refractivity contribution in [1.82, 2.24) is 14.9 Å². The lowest BCUT2D eigenvalue weighted by molar-refractivity contribution is -0.121. The van der Waals surface area contributed by atoms with E-state index in [4.69, 9.17) is 37.7 Å². The fourth-order valence-corrected chi connectivity index (χ4v) is 5.44. The summed E-state index contributed by atoms with van der Waals surface area (Å²) in [5.41, 5.74) is 4.41. The number of hydrogen-bond acceptors (Lipinski definition) is 4. The number of carbonyl (C=O) groups is 1. The Morgan fingerprint density at radius 2 is 1.86 bits per heavy atom. The van der Waals surface area contributed by atoms with Gasteiger partial charge in [0.2, 0.25) is 5.91 Å². The summed E-state index contributed by atoms with van der Waals surface area (Å²) in [6.45, 7) is 3.04. The number of hydrogen-bond donors (Lipinski definition) is 0. The van der Waals surface area contributed by atoms with Gasteiger partial charge in [0.1, 0.15) is 12.4 Å². The number of benzene rings is 2. The predicted octanol–water partition coefficient (Wildman–Crippen LogP) is 6.42. The van der Waals surface area contributed by atoms with Crippen LogP contribution in [0.3, 0.4) is 0 Å². The summed E-state index contributed by atoms with van der Waals surface area (Å²) < 4.78 is 12.9. The molecule has 1 atom stereocenters. The maximum atomic E-state index is 12.7. The molecule has 0 spiro atoms. The van der Waals surface area contributed by atoms with Crippen molar-refractivity contribution in [3.63, 3.8) is 0 Å². The third-order valence-electron chi connectivity index (χ3n) is 6.98. The normalized spacial score (nSPS) is 13.6. The molecular weight excluding hydrogens is 509 g/mol. The Morgan fingerprint density at radius 1 is 1.08 bits per heavy atom. The fraction of sp³-hybridized carbons (Fsp3) is 0.448. The minimum absolute atomic E-state index is 0.101. The topological polar surface area (TPSA) is 67.5 Å². The van der Waals surface area contributed by atoms with Crippen LogP contribution in [0, 0.1) is 5.92 Å². The maximum Gasteiger partial charge on any atom is 0.241 e. The lowest BCUT2D eigenvalue weighted by atomic mass is 9.96. The van der Waals surface area contributed by atoms with Crippen LogP contribution in [-0.2, 0) is 37.1 Å². The number of nitrogens with zero attached hydrogens (tertiary/aromatic N) is 3. The zero-order chi connectivity index (χ0) is 26.4. The Labute approximate surface area is 229 Å². The van der Waals surface area contributed by atoms with E-state index in [0.717, 1.165) is 66.2 Å². The van der Waals surface area contributed by atoms with Gasteiger partial charge in [0.05, 0.1) is 31.5 Å². The molecule has 2 aromatic carbocycles. The van der Waals surface area contributed by atoms with E-state index in [1.807, 2.05) is 36.4 Å². The number of methoxy groups -OCH3 is 2. The average Bonchev–Trinajstić information content (AvgIpc) is 3.25. The van der Waals surface area contributed by atoms with Crippen molar-refractivity contribution in [2.45, 2.75) is 65.0 Å². The van der Waals surface area contributed by atoms with E-state index >= 15 is 0 Å². The van der Waals surface area contributed by atoms with Crippen LogP contribution in [-0.4, -0.2) is 29.7 Å². The first-order valence-electron chi connectivity index (χ1n) is 12.8. The third kappa shape index (κ3) is 6.60. The van der Waals surface area contributed by atoms with Gasteiger partial charge in [-0.05, 0) is 67.7 Å². The molecule has 1 aromatic heterocycles. The Kier molecular flexibility index (Phi) is 9.38. The average molecular weight is 544 g/mol. The number of fused-ring (bicyclic) bond motifs is 1. The van der Waals surface area contributed by atoms with Crippen LogP contribution >= 0.6 is 23.2 Å². The summed E-state index contributed by atoms with van der Waals surface area (Å²) in [7, 11) is 3.16. The third-order valence-corrected chi connectivity index (χ3v) is 7.76. The molecular formula is C29H34Cl2N3O3. The molecule has 0 bridgehead atoms. The SMILES string of the molecule is COc1ccc(CC(C)CCC(=O)[N]Cc2nc3c(n2Cc2ccccc2Cl)CCCC3)c(Cl)c1OC. The highest BCUT2D eigenvalue weighted by molar-refractivity contribution is 6.33. The number of imidazole rings is 1. The first-order valence-corrected chi connectivity index (χ1v) is 13.6. The second-order valence-corrected chi connectivity index (χ2v) is 10.4. The van der Waals surface area contributed by atoms with Gasteiger partial charge in [0, 0.05) is 17.1 Å². The number of carbonyl (C=O) groups excluding carboxylic acids is 1. The van der Waals surface area contributed by atoms with Crippen molar-refractivity contribution >= 4 is 29.1 Å². The molecule has 0 saturated heterocycles. The second kappa shape index (κ2) is 12.7. The van der Waals surface area contributed by atoms with Gasteiger partial charge in [0.15, 0.2) is 11.5 Å². The largest absolute Gasteiger partial charge is 0.493 e. The second-order valence-electron chi connectivity index (χ2n) is 9.64. The van der Waals surface area contributed by atoms with Crippen LogP contribution in [0.25, 0.3) is 0 Å². The van der Waals surface area contributed by atoms with Crippen molar-refractivity contribution in [2.75, 3.05) is 14.2 Å². The molecule has 0 aliphatic heterocycles. The molecule has 1 heterocycles. The molecule has 1 aliphatic carbocycles. The molecule has 3 aromatic rings. The Bertz CT molecular complexity index is 1240. The summed E-state index contributed by atoms with van der Waals surface area (Å²) in [4.78, 5) is 17.6. The van der Waals surface area contributed by atoms with Gasteiger partial charge in [-0.25, -0.2) is 10.3 Å². The van der Waals surface area contributed by atoms with Crippen molar-refractivity contribution in [2.24, 2.45) is 5.92 Å². The van der Waals surface area contributed by atoms with Gasteiger partial charge < -0.3 is 14.0 Å². The van der Waals surface area contributed by atoms with Crippen molar-refractivity contribution in [3.05, 3.63) is 74.8 Å². The zero-order valence-corrected chi connectivity index (χ0v) is 23.2. The smallest absolute Gasteiger partial charge is 0.241 e. The highest BCUT2D eigenvalue weighted by Crippen LogP contribution is 2.38. The Hall–Kier alpha value is -2.70. The van der Waals surface area contributed by atoms with Crippen LogP contribution in [0.2, 0.25) is 10.0 Å². The molecule has 1 unspecified atom stereocenters. The van der Waals surface area contributed by atoms with Crippen LogP contribution in [0.1, 0.15) is 60.9 Å². The van der Waals surface area contributed by atoms with Crippen molar-refractivity contribution in [1.29, 1.82) is 0 Å². The Morgan fingerprint density at radius 3 is 2.62 bits per heavy atom. The first kappa shape index (κ1) is 27.3. The monoisotopic (exact) mass is 542 g/mol. The molecule has 1 radical (unpaired) electrons. The van der Waals surface area contributed by atoms with E-state index in [1.165, 1.54) is 5.69 Å². The quantitative estimate of drug-likeness (QED) is 0.280. The Balaban J connectivity index is 1.35. The van der Waals surface area contributed by atoms with Gasteiger partial charge in [-0.15, -0.1) is 0 Å². The van der Waals surface area contributed by atoms with Crippen LogP contribution < -0.4 is 14.8 Å². The lowest BCUT2D eigenvalue weighted by Gasteiger charge is -2.16. The van der Waals surface area contributed by atoms with Crippen molar-refractivity contribution < 1.29 is 14.3 Å². The van der Waals surface area contributed by atoms with Gasteiger partial charge in [0.25, 0.3) is 0 Å². The molecule has 8 heteroatoms. The highest BCUT2D eigenvalue weighted by Gasteiger charge is 2.22. The predicted molar refractivity (Wildman–Crippen MR) is 147 cm³/mol. The highest BCUT2D eigenvalue weighted by atomic mass is 35.5. The molecule has 6 nitrogen and oxygen atoms in total. The number of aromatic nitrogens is 2. The lowest BCUT2D eigenvalue weighted by Crippen LogP contribution is -2.20.